The number of benzene rings is 3. The smallest absolute Gasteiger partial charge is 0.335 e. The summed E-state index contributed by atoms with van der Waals surface area (Å²) in [6.07, 6.45) is 0.611. The summed E-state index contributed by atoms with van der Waals surface area (Å²) in [7, 11) is -4.11. The fraction of sp³-hybridized carbons (Fsp3) is 0.192. The number of sulfonamides is 1. The van der Waals surface area contributed by atoms with Crippen LogP contribution in [-0.2, 0) is 32.5 Å². The highest BCUT2D eigenvalue weighted by atomic mass is 32.2. The normalized spacial score (nSPS) is 13.6. The predicted octanol–water partition coefficient (Wildman–Crippen LogP) is 2.82. The van der Waals surface area contributed by atoms with Gasteiger partial charge in [0.2, 0.25) is 21.8 Å². The van der Waals surface area contributed by atoms with Gasteiger partial charge in [-0.05, 0) is 60.4 Å². The third-order valence-corrected chi connectivity index (χ3v) is 7.38. The topological polar surface area (TPSA) is 133 Å². The van der Waals surface area contributed by atoms with Crippen molar-refractivity contribution in [3.05, 3.63) is 89.5 Å². The lowest BCUT2D eigenvalue weighted by Crippen LogP contribution is -2.45. The zero-order chi connectivity index (χ0) is 25.9. The molecule has 3 N–H and O–H groups in total. The first kappa shape index (κ1) is 25.1. The number of fused-ring (bicyclic) bond motifs is 1. The maximum Gasteiger partial charge on any atom is 0.335 e. The molecule has 186 valence electrons. The van der Waals surface area contributed by atoms with Crippen molar-refractivity contribution in [2.75, 3.05) is 16.8 Å². The van der Waals surface area contributed by atoms with Gasteiger partial charge in [0.1, 0.15) is 6.04 Å². The van der Waals surface area contributed by atoms with Gasteiger partial charge in [-0.1, -0.05) is 36.4 Å². The molecular weight excluding hydrogens is 482 g/mol. The highest BCUT2D eigenvalue weighted by molar-refractivity contribution is 7.89. The Morgan fingerprint density at radius 2 is 1.75 bits per heavy atom. The fourth-order valence-corrected chi connectivity index (χ4v) is 5.37. The van der Waals surface area contributed by atoms with Gasteiger partial charge in [0.25, 0.3) is 0 Å². The predicted molar refractivity (Wildman–Crippen MR) is 134 cm³/mol. The fourth-order valence-electron chi connectivity index (χ4n) is 4.12. The lowest BCUT2D eigenvalue weighted by Gasteiger charge is -2.20. The van der Waals surface area contributed by atoms with E-state index in [-0.39, 0.29) is 28.5 Å². The molecule has 10 heteroatoms. The molecule has 0 bridgehead atoms. The van der Waals surface area contributed by atoms with Gasteiger partial charge >= 0.3 is 5.97 Å². The molecule has 3 aromatic rings. The number of carboxylic acid groups (broad SMARTS) is 1. The number of nitrogens with one attached hydrogen (secondary N) is 2. The van der Waals surface area contributed by atoms with Gasteiger partial charge in [0, 0.05) is 24.8 Å². The minimum atomic E-state index is -4.11. The third-order valence-electron chi connectivity index (χ3n) is 5.91. The summed E-state index contributed by atoms with van der Waals surface area (Å²) in [5, 5.41) is 11.8. The first-order valence-corrected chi connectivity index (χ1v) is 12.7. The number of anilines is 2. The Kier molecular flexibility index (Phi) is 7.18. The quantitative estimate of drug-likeness (QED) is 0.430. The van der Waals surface area contributed by atoms with Gasteiger partial charge in [0.15, 0.2) is 0 Å². The van der Waals surface area contributed by atoms with Crippen LogP contribution in [0.4, 0.5) is 11.4 Å². The molecule has 0 radical (unpaired) electrons. The van der Waals surface area contributed by atoms with Crippen LogP contribution in [0.25, 0.3) is 0 Å². The van der Waals surface area contributed by atoms with Crippen LogP contribution in [0, 0.1) is 0 Å². The van der Waals surface area contributed by atoms with E-state index in [9.17, 15) is 27.9 Å². The molecule has 0 saturated heterocycles. The van der Waals surface area contributed by atoms with Crippen molar-refractivity contribution in [3.8, 4) is 0 Å². The second kappa shape index (κ2) is 10.3. The summed E-state index contributed by atoms with van der Waals surface area (Å²) < 4.78 is 29.1. The molecular formula is C26H25N3O6S. The van der Waals surface area contributed by atoms with Gasteiger partial charge in [-0.2, -0.15) is 4.72 Å². The first-order chi connectivity index (χ1) is 17.1. The van der Waals surface area contributed by atoms with Gasteiger partial charge in [-0.25, -0.2) is 13.2 Å². The molecule has 0 unspecified atom stereocenters. The standard InChI is InChI=1S/C26H25N3O6S/c1-17(30)29-13-12-19-16-22(10-11-24(19)29)36(34,35)28-23(14-18-6-3-2-4-7-18)25(31)27-21-9-5-8-20(15-21)26(32)33/h2-11,15-16,23,28H,12-14H2,1H3,(H,27,31)(H,32,33)/t23-/m0/s1. The number of rotatable bonds is 8. The molecule has 2 amide bonds. The molecule has 1 heterocycles. The van der Waals surface area contributed by atoms with E-state index in [1.165, 1.54) is 43.3 Å². The Morgan fingerprint density at radius 1 is 1.00 bits per heavy atom. The molecule has 4 rings (SSSR count). The van der Waals surface area contributed by atoms with Crippen molar-refractivity contribution < 1.29 is 27.9 Å². The number of nitrogens with zero attached hydrogens (tertiary/aromatic N) is 1. The minimum absolute atomic E-state index is 0.00858. The Hall–Kier alpha value is -4.02. The van der Waals surface area contributed by atoms with E-state index in [1.54, 1.807) is 35.2 Å². The maximum absolute atomic E-state index is 13.3. The lowest BCUT2D eigenvalue weighted by molar-refractivity contribution is -0.118. The van der Waals surface area contributed by atoms with E-state index in [2.05, 4.69) is 10.0 Å². The summed E-state index contributed by atoms with van der Waals surface area (Å²) in [5.74, 6) is -1.89. The number of hydrogen-bond acceptors (Lipinski definition) is 5. The summed E-state index contributed by atoms with van der Waals surface area (Å²) in [4.78, 5) is 37.8. The van der Waals surface area contributed by atoms with Crippen LogP contribution < -0.4 is 14.9 Å². The molecule has 1 aliphatic rings. The zero-order valence-corrected chi connectivity index (χ0v) is 20.3. The molecule has 0 saturated carbocycles. The molecule has 3 aromatic carbocycles. The highest BCUT2D eigenvalue weighted by Gasteiger charge is 2.29. The van der Waals surface area contributed by atoms with Gasteiger partial charge in [-0.15, -0.1) is 0 Å². The van der Waals surface area contributed by atoms with E-state index in [0.29, 0.717) is 18.7 Å². The summed E-state index contributed by atoms with van der Waals surface area (Å²) in [6.45, 7) is 1.94. The number of carboxylic acids is 1. The first-order valence-electron chi connectivity index (χ1n) is 11.3. The molecule has 0 aliphatic carbocycles. The van der Waals surface area contributed by atoms with Crippen LogP contribution in [0.1, 0.15) is 28.4 Å². The molecule has 1 aliphatic heterocycles. The van der Waals surface area contributed by atoms with E-state index >= 15 is 0 Å². The Labute approximate surface area is 208 Å². The van der Waals surface area contributed by atoms with Crippen molar-refractivity contribution in [2.24, 2.45) is 0 Å². The Bertz CT molecular complexity index is 1420. The van der Waals surface area contributed by atoms with Crippen LogP contribution in [0.5, 0.6) is 0 Å². The summed E-state index contributed by atoms with van der Waals surface area (Å²) in [5.41, 5.74) is 2.39. The SMILES string of the molecule is CC(=O)N1CCc2cc(S(=O)(=O)N[C@@H](Cc3ccccc3)C(=O)Nc3cccc(C(=O)O)c3)ccc21. The van der Waals surface area contributed by atoms with Crippen molar-refractivity contribution in [1.29, 1.82) is 0 Å². The minimum Gasteiger partial charge on any atom is -0.478 e. The third kappa shape index (κ3) is 5.61. The second-order valence-electron chi connectivity index (χ2n) is 8.45. The second-order valence-corrected chi connectivity index (χ2v) is 10.2. The van der Waals surface area contributed by atoms with Crippen molar-refractivity contribution in [1.82, 2.24) is 4.72 Å². The monoisotopic (exact) mass is 507 g/mol. The molecule has 0 fully saturated rings. The molecule has 1 atom stereocenters. The van der Waals surface area contributed by atoms with Gasteiger partial charge in [-0.3, -0.25) is 9.59 Å². The van der Waals surface area contributed by atoms with Crippen LogP contribution in [0.2, 0.25) is 0 Å². The van der Waals surface area contributed by atoms with Crippen molar-refractivity contribution in [3.63, 3.8) is 0 Å². The van der Waals surface area contributed by atoms with E-state index in [4.69, 9.17) is 0 Å². The lowest BCUT2D eigenvalue weighted by atomic mass is 10.1. The number of carbonyl (C=O) groups is 3. The van der Waals surface area contributed by atoms with Gasteiger partial charge in [0.05, 0.1) is 10.5 Å². The highest BCUT2D eigenvalue weighted by Crippen LogP contribution is 2.30. The van der Waals surface area contributed by atoms with E-state index in [1.807, 2.05) is 6.07 Å². The number of aromatic carboxylic acids is 1. The molecule has 0 aromatic heterocycles. The molecule has 36 heavy (non-hydrogen) atoms. The Balaban J connectivity index is 1.60. The average Bonchev–Trinajstić information content (AvgIpc) is 3.28. The molecule has 0 spiro atoms. The van der Waals surface area contributed by atoms with Gasteiger partial charge < -0.3 is 15.3 Å². The number of carbonyl (C=O) groups excluding carboxylic acids is 2. The van der Waals surface area contributed by atoms with Crippen molar-refractivity contribution >= 4 is 39.2 Å². The van der Waals surface area contributed by atoms with Crippen LogP contribution in [0.15, 0.2) is 77.7 Å². The average molecular weight is 508 g/mol. The maximum atomic E-state index is 13.3. The number of hydrogen-bond donors (Lipinski definition) is 3. The van der Waals surface area contributed by atoms with E-state index < -0.39 is 27.9 Å². The van der Waals surface area contributed by atoms with Crippen LogP contribution in [-0.4, -0.2) is 43.9 Å². The van der Waals surface area contributed by atoms with Crippen LogP contribution >= 0.6 is 0 Å². The Morgan fingerprint density at radius 3 is 2.44 bits per heavy atom. The largest absolute Gasteiger partial charge is 0.478 e. The summed E-state index contributed by atoms with van der Waals surface area (Å²) in [6, 6.07) is 18.0. The summed E-state index contributed by atoms with van der Waals surface area (Å²) >= 11 is 0. The molecule has 9 nitrogen and oxygen atoms in total. The van der Waals surface area contributed by atoms with Crippen molar-refractivity contribution in [2.45, 2.75) is 30.7 Å². The zero-order valence-electron chi connectivity index (χ0n) is 19.5. The van der Waals surface area contributed by atoms with E-state index in [0.717, 1.165) is 11.1 Å². The number of amides is 2. The van der Waals surface area contributed by atoms with Crippen LogP contribution in [0.3, 0.4) is 0 Å².